The average molecular weight is 318 g/mol. The normalized spacial score (nSPS) is 10.2. The molecule has 4 nitrogen and oxygen atoms in total. The smallest absolute Gasteiger partial charge is 0.274 e. The molecule has 3 N–H and O–H groups in total. The van der Waals surface area contributed by atoms with Crippen molar-refractivity contribution >= 4 is 11.6 Å². The molecule has 1 amide bonds. The van der Waals surface area contributed by atoms with Gasteiger partial charge in [-0.25, -0.2) is 5.48 Å². The Morgan fingerprint density at radius 3 is 2.29 bits per heavy atom. The van der Waals surface area contributed by atoms with E-state index in [0.29, 0.717) is 5.56 Å². The molecule has 0 saturated carbocycles. The van der Waals surface area contributed by atoms with E-state index in [4.69, 9.17) is 5.21 Å². The molecule has 120 valence electrons. The Morgan fingerprint density at radius 1 is 0.833 bits per heavy atom. The molecule has 0 spiro atoms. The average Bonchev–Trinajstić information content (AvgIpc) is 2.67. The Bertz CT molecular complexity index is 815. The molecule has 4 heteroatoms. The van der Waals surface area contributed by atoms with Crippen LogP contribution in [0.5, 0.6) is 0 Å². The lowest BCUT2D eigenvalue weighted by atomic mass is 10.0. The van der Waals surface area contributed by atoms with E-state index in [2.05, 4.69) is 23.5 Å². The molecule has 0 saturated heterocycles. The molecule has 3 rings (SSSR count). The van der Waals surface area contributed by atoms with Crippen molar-refractivity contribution in [1.29, 1.82) is 0 Å². The monoisotopic (exact) mass is 318 g/mol. The highest BCUT2D eigenvalue weighted by Gasteiger charge is 2.05. The van der Waals surface area contributed by atoms with E-state index >= 15 is 0 Å². The van der Waals surface area contributed by atoms with Gasteiger partial charge in [0.05, 0.1) is 0 Å². The molecule has 0 aliphatic heterocycles. The van der Waals surface area contributed by atoms with Crippen LogP contribution in [-0.4, -0.2) is 11.1 Å². The number of rotatable bonds is 5. The van der Waals surface area contributed by atoms with Crippen LogP contribution in [0, 0.1) is 0 Å². The third-order valence-corrected chi connectivity index (χ3v) is 3.78. The van der Waals surface area contributed by atoms with Crippen LogP contribution in [0.15, 0.2) is 78.9 Å². The lowest BCUT2D eigenvalue weighted by molar-refractivity contribution is 0.0706. The van der Waals surface area contributed by atoms with Gasteiger partial charge in [-0.1, -0.05) is 54.6 Å². The van der Waals surface area contributed by atoms with Gasteiger partial charge in [-0.3, -0.25) is 10.0 Å². The predicted octanol–water partition coefficient (Wildman–Crippen LogP) is 4.08. The van der Waals surface area contributed by atoms with Crippen LogP contribution in [0.4, 0.5) is 5.69 Å². The van der Waals surface area contributed by atoms with E-state index < -0.39 is 5.91 Å². The summed E-state index contributed by atoms with van der Waals surface area (Å²) in [6.07, 6.45) is 0. The Balaban J connectivity index is 1.74. The summed E-state index contributed by atoms with van der Waals surface area (Å²) < 4.78 is 0. The van der Waals surface area contributed by atoms with E-state index in [1.807, 2.05) is 48.5 Å². The zero-order valence-corrected chi connectivity index (χ0v) is 13.1. The van der Waals surface area contributed by atoms with Gasteiger partial charge in [0.25, 0.3) is 5.91 Å². The number of benzene rings is 3. The van der Waals surface area contributed by atoms with Crippen molar-refractivity contribution < 1.29 is 10.0 Å². The van der Waals surface area contributed by atoms with E-state index in [1.165, 1.54) is 5.56 Å². The molecular formula is C20H18N2O2. The number of hydrogen-bond donors (Lipinski definition) is 3. The van der Waals surface area contributed by atoms with Crippen LogP contribution in [0.2, 0.25) is 0 Å². The summed E-state index contributed by atoms with van der Waals surface area (Å²) in [6.45, 7) is 0.764. The van der Waals surface area contributed by atoms with Crippen molar-refractivity contribution in [1.82, 2.24) is 5.48 Å². The highest BCUT2D eigenvalue weighted by atomic mass is 16.5. The van der Waals surface area contributed by atoms with Crippen LogP contribution < -0.4 is 10.8 Å². The fourth-order valence-corrected chi connectivity index (χ4v) is 2.49. The van der Waals surface area contributed by atoms with E-state index in [9.17, 15) is 4.79 Å². The molecule has 0 fully saturated rings. The molecule has 0 unspecified atom stereocenters. The molecule has 24 heavy (non-hydrogen) atoms. The number of hydroxylamine groups is 1. The molecule has 0 atom stereocenters. The molecule has 0 aliphatic rings. The Kier molecular flexibility index (Phi) is 4.89. The summed E-state index contributed by atoms with van der Waals surface area (Å²) >= 11 is 0. The maximum Gasteiger partial charge on any atom is 0.274 e. The highest BCUT2D eigenvalue weighted by molar-refractivity contribution is 5.93. The molecule has 0 heterocycles. The van der Waals surface area contributed by atoms with Crippen molar-refractivity contribution in [3.63, 3.8) is 0 Å². The third kappa shape index (κ3) is 3.80. The van der Waals surface area contributed by atoms with Crippen molar-refractivity contribution in [2.24, 2.45) is 0 Å². The highest BCUT2D eigenvalue weighted by Crippen LogP contribution is 2.23. The Hall–Kier alpha value is -3.11. The minimum Gasteiger partial charge on any atom is -0.381 e. The van der Waals surface area contributed by atoms with Gasteiger partial charge in [-0.15, -0.1) is 0 Å². The van der Waals surface area contributed by atoms with Crippen molar-refractivity contribution in [2.75, 3.05) is 5.32 Å². The molecule has 0 bridgehead atoms. The first-order chi connectivity index (χ1) is 11.8. The van der Waals surface area contributed by atoms with Gasteiger partial charge in [0.1, 0.15) is 0 Å². The minimum absolute atomic E-state index is 0.416. The van der Waals surface area contributed by atoms with Gasteiger partial charge in [0.15, 0.2) is 0 Å². The van der Waals surface area contributed by atoms with Crippen molar-refractivity contribution in [3.05, 3.63) is 90.0 Å². The molecule has 3 aromatic carbocycles. The maximum atomic E-state index is 11.4. The standard InChI is InChI=1S/C20H18N2O2/c23-20(22-24)17-11-9-16(10-12-17)18-7-4-8-19(13-18)21-14-15-5-2-1-3-6-15/h1-13,21,24H,14H2,(H,22,23). The van der Waals surface area contributed by atoms with Crippen LogP contribution in [0.25, 0.3) is 11.1 Å². The van der Waals surface area contributed by atoms with Gasteiger partial charge in [0, 0.05) is 17.8 Å². The lowest BCUT2D eigenvalue weighted by Crippen LogP contribution is -2.18. The predicted molar refractivity (Wildman–Crippen MR) is 94.9 cm³/mol. The van der Waals surface area contributed by atoms with Gasteiger partial charge in [0.2, 0.25) is 0 Å². The van der Waals surface area contributed by atoms with Crippen molar-refractivity contribution in [3.8, 4) is 11.1 Å². The Morgan fingerprint density at radius 2 is 1.58 bits per heavy atom. The third-order valence-electron chi connectivity index (χ3n) is 3.78. The first-order valence-electron chi connectivity index (χ1n) is 7.69. The fraction of sp³-hybridized carbons (Fsp3) is 0.0500. The first kappa shape index (κ1) is 15.8. The summed E-state index contributed by atoms with van der Waals surface area (Å²) in [7, 11) is 0. The van der Waals surface area contributed by atoms with Crippen LogP contribution >= 0.6 is 0 Å². The second-order valence-corrected chi connectivity index (χ2v) is 5.44. The van der Waals surface area contributed by atoms with E-state index in [0.717, 1.165) is 23.4 Å². The van der Waals surface area contributed by atoms with E-state index in [-0.39, 0.29) is 0 Å². The number of anilines is 1. The second-order valence-electron chi connectivity index (χ2n) is 5.44. The number of carbonyl (C=O) groups is 1. The van der Waals surface area contributed by atoms with Gasteiger partial charge in [-0.2, -0.15) is 0 Å². The van der Waals surface area contributed by atoms with Crippen LogP contribution in [-0.2, 0) is 6.54 Å². The number of hydrogen-bond acceptors (Lipinski definition) is 3. The van der Waals surface area contributed by atoms with E-state index in [1.54, 1.807) is 17.6 Å². The summed E-state index contributed by atoms with van der Waals surface area (Å²) in [5, 5.41) is 12.1. The lowest BCUT2D eigenvalue weighted by Gasteiger charge is -2.09. The molecular weight excluding hydrogens is 300 g/mol. The topological polar surface area (TPSA) is 61.4 Å². The number of nitrogens with one attached hydrogen (secondary N) is 2. The molecule has 0 aliphatic carbocycles. The Labute approximate surface area is 140 Å². The van der Waals surface area contributed by atoms with Crippen molar-refractivity contribution in [2.45, 2.75) is 6.54 Å². The summed E-state index contributed by atoms with van der Waals surface area (Å²) in [6, 6.07) is 25.4. The molecule has 3 aromatic rings. The summed E-state index contributed by atoms with van der Waals surface area (Å²) in [4.78, 5) is 11.4. The number of amides is 1. The second kappa shape index (κ2) is 7.44. The first-order valence-corrected chi connectivity index (χ1v) is 7.69. The minimum atomic E-state index is -0.514. The SMILES string of the molecule is O=C(NO)c1ccc(-c2cccc(NCc3ccccc3)c2)cc1. The van der Waals surface area contributed by atoms with Crippen LogP contribution in [0.1, 0.15) is 15.9 Å². The fourth-order valence-electron chi connectivity index (χ4n) is 2.49. The summed E-state index contributed by atoms with van der Waals surface area (Å²) in [5.41, 5.74) is 6.38. The van der Waals surface area contributed by atoms with Crippen LogP contribution in [0.3, 0.4) is 0 Å². The molecule has 0 radical (unpaired) electrons. The quantitative estimate of drug-likeness (QED) is 0.490. The van der Waals surface area contributed by atoms with Gasteiger partial charge >= 0.3 is 0 Å². The largest absolute Gasteiger partial charge is 0.381 e. The molecule has 0 aromatic heterocycles. The van der Waals surface area contributed by atoms with Gasteiger partial charge in [-0.05, 0) is 41.0 Å². The maximum absolute atomic E-state index is 11.4. The summed E-state index contributed by atoms with van der Waals surface area (Å²) in [5.74, 6) is -0.514. The zero-order valence-electron chi connectivity index (χ0n) is 13.1. The van der Waals surface area contributed by atoms with Gasteiger partial charge < -0.3 is 5.32 Å². The zero-order chi connectivity index (χ0) is 16.8. The number of carbonyl (C=O) groups excluding carboxylic acids is 1.